The van der Waals surface area contributed by atoms with E-state index in [-0.39, 0.29) is 35.7 Å². The second kappa shape index (κ2) is 13.1. The molecule has 5 aromatic rings. The maximum absolute atomic E-state index is 13.6. The van der Waals surface area contributed by atoms with Crippen molar-refractivity contribution in [3.05, 3.63) is 72.3 Å². The number of carbonyl (C=O) groups excluding carboxylic acids is 3. The van der Waals surface area contributed by atoms with Gasteiger partial charge in [0.1, 0.15) is 17.7 Å². The molecule has 2 aromatic heterocycles. The average molecular weight is 700 g/mol. The number of rotatable bonds is 9. The number of benzene rings is 3. The van der Waals surface area contributed by atoms with Crippen molar-refractivity contribution in [3.63, 3.8) is 0 Å². The molecular formula is C41H45N7O4. The quantitative estimate of drug-likeness (QED) is 0.148. The number of H-pyrrole nitrogens is 2. The first-order valence-corrected chi connectivity index (χ1v) is 18.9. The number of aromatic amines is 2. The third-order valence-corrected chi connectivity index (χ3v) is 11.8. The van der Waals surface area contributed by atoms with E-state index >= 15 is 0 Å². The van der Waals surface area contributed by atoms with Crippen molar-refractivity contribution in [2.45, 2.75) is 76.4 Å². The molecule has 2 saturated carbocycles. The molecule has 0 bridgehead atoms. The third kappa shape index (κ3) is 6.09. The number of imidazole rings is 2. The van der Waals surface area contributed by atoms with Crippen LogP contribution in [0.4, 0.5) is 4.79 Å². The molecule has 52 heavy (non-hydrogen) atoms. The van der Waals surface area contributed by atoms with E-state index in [0.29, 0.717) is 12.5 Å². The monoisotopic (exact) mass is 699 g/mol. The fraction of sp³-hybridized carbons (Fsp3) is 0.439. The molecule has 3 aromatic carbocycles. The van der Waals surface area contributed by atoms with Crippen LogP contribution < -0.4 is 5.32 Å². The van der Waals surface area contributed by atoms with Gasteiger partial charge in [-0.15, -0.1) is 0 Å². The van der Waals surface area contributed by atoms with Gasteiger partial charge in [0.25, 0.3) is 0 Å². The number of aromatic nitrogens is 4. The molecular weight excluding hydrogens is 654 g/mol. The molecule has 0 radical (unpaired) electrons. The molecule has 4 aliphatic rings. The van der Waals surface area contributed by atoms with Crippen LogP contribution in [-0.2, 0) is 14.3 Å². The van der Waals surface area contributed by atoms with E-state index in [1.54, 1.807) is 0 Å². The Bertz CT molecular complexity index is 2160. The predicted octanol–water partition coefficient (Wildman–Crippen LogP) is 7.28. The van der Waals surface area contributed by atoms with E-state index in [2.05, 4.69) is 87.8 Å². The van der Waals surface area contributed by atoms with Gasteiger partial charge in [-0.1, -0.05) is 43.3 Å². The highest BCUT2D eigenvalue weighted by atomic mass is 16.5. The summed E-state index contributed by atoms with van der Waals surface area (Å²) in [5.41, 5.74) is 8.02. The van der Waals surface area contributed by atoms with Crippen molar-refractivity contribution in [1.82, 2.24) is 35.1 Å². The van der Waals surface area contributed by atoms with Gasteiger partial charge in [-0.2, -0.15) is 0 Å². The predicted molar refractivity (Wildman–Crippen MR) is 198 cm³/mol. The second-order valence-electron chi connectivity index (χ2n) is 15.2. The molecule has 3 N–H and O–H groups in total. The van der Waals surface area contributed by atoms with Gasteiger partial charge in [0.15, 0.2) is 0 Å². The number of likely N-dealkylation sites (tertiary alicyclic amines) is 2. The largest absolute Gasteiger partial charge is 0.453 e. The van der Waals surface area contributed by atoms with Crippen molar-refractivity contribution in [1.29, 1.82) is 0 Å². The lowest BCUT2D eigenvalue weighted by Gasteiger charge is -2.28. The zero-order valence-electron chi connectivity index (χ0n) is 29.7. The maximum atomic E-state index is 13.6. The molecule has 9 rings (SSSR count). The van der Waals surface area contributed by atoms with E-state index in [1.165, 1.54) is 20.0 Å². The van der Waals surface area contributed by atoms with Gasteiger partial charge >= 0.3 is 6.09 Å². The number of alkyl carbamates (subject to hydrolysis) is 1. The van der Waals surface area contributed by atoms with E-state index in [1.807, 2.05) is 4.90 Å². The van der Waals surface area contributed by atoms with Crippen LogP contribution in [0.3, 0.4) is 0 Å². The van der Waals surface area contributed by atoms with Crippen LogP contribution in [0, 0.1) is 17.8 Å². The van der Waals surface area contributed by atoms with Gasteiger partial charge < -0.3 is 29.8 Å². The number of nitrogens with zero attached hydrogens (tertiary/aromatic N) is 4. The van der Waals surface area contributed by atoms with Crippen LogP contribution in [0.5, 0.6) is 0 Å². The summed E-state index contributed by atoms with van der Waals surface area (Å²) in [7, 11) is 1.32. The normalized spacial score (nSPS) is 21.5. The zero-order valence-corrected chi connectivity index (χ0v) is 29.7. The molecule has 11 nitrogen and oxygen atoms in total. The lowest BCUT2D eigenvalue weighted by molar-refractivity contribution is -0.137. The first-order chi connectivity index (χ1) is 25.3. The first kappa shape index (κ1) is 32.7. The highest BCUT2D eigenvalue weighted by Crippen LogP contribution is 2.41. The summed E-state index contributed by atoms with van der Waals surface area (Å²) in [4.78, 5) is 59.8. The van der Waals surface area contributed by atoms with Gasteiger partial charge in [0.2, 0.25) is 11.8 Å². The SMILES string of the molecule is COC(=O)N[C@H](C(=O)N1CCC[C@H]1c1nc2cc(-c3ccc(-c4ccc5[nH]c([C@@H]6CCCN6C(=O)[C@@H](C)C6CC6)nc5c4)cc3)ccc2[nH]1)C1CC1. The van der Waals surface area contributed by atoms with Crippen LogP contribution in [0.1, 0.15) is 82.0 Å². The fourth-order valence-electron chi connectivity index (χ4n) is 8.45. The van der Waals surface area contributed by atoms with Gasteiger partial charge in [0.05, 0.1) is 41.3 Å². The van der Waals surface area contributed by atoms with Crippen molar-refractivity contribution < 1.29 is 19.1 Å². The lowest BCUT2D eigenvalue weighted by Crippen LogP contribution is -2.49. The number of nitrogens with one attached hydrogen (secondary N) is 3. The molecule has 4 heterocycles. The van der Waals surface area contributed by atoms with Gasteiger partial charge in [0, 0.05) is 19.0 Å². The Morgan fingerprint density at radius 3 is 1.65 bits per heavy atom. The summed E-state index contributed by atoms with van der Waals surface area (Å²) in [6, 6.07) is 20.4. The Labute approximate surface area is 302 Å². The van der Waals surface area contributed by atoms with Crippen LogP contribution >= 0.6 is 0 Å². The smallest absolute Gasteiger partial charge is 0.407 e. The Morgan fingerprint density at radius 2 is 1.17 bits per heavy atom. The Morgan fingerprint density at radius 1 is 0.692 bits per heavy atom. The minimum absolute atomic E-state index is 0.0152. The fourth-order valence-corrected chi connectivity index (χ4v) is 8.45. The molecule has 2 saturated heterocycles. The molecule has 4 fully saturated rings. The summed E-state index contributed by atoms with van der Waals surface area (Å²) in [5, 5.41) is 2.78. The minimum atomic E-state index is -0.572. The summed E-state index contributed by atoms with van der Waals surface area (Å²) in [6.07, 6.45) is 7.28. The number of fused-ring (bicyclic) bond motifs is 2. The standard InChI is InChI=1S/C41H45N7O4/c1-23(24-7-8-24)39(49)47-19-3-5-34(47)37-42-30-17-15-28(21-32(30)44-37)25-9-11-26(12-10-25)29-16-18-31-33(22-29)45-38(43-31)35-6-4-20-48(35)40(50)36(27-13-14-27)46-41(51)52-2/h9-12,15-18,21-24,27,34-36H,3-8,13-14,19-20H2,1-2H3,(H,42,44)(H,43,45)(H,46,51)/t23-,34-,35-,36-/m0/s1. The summed E-state index contributed by atoms with van der Waals surface area (Å²) < 4.78 is 4.80. The molecule has 0 spiro atoms. The van der Waals surface area contributed by atoms with Crippen LogP contribution in [0.2, 0.25) is 0 Å². The summed E-state index contributed by atoms with van der Waals surface area (Å²) in [5.74, 6) is 2.69. The van der Waals surface area contributed by atoms with E-state index < -0.39 is 12.1 Å². The average Bonchev–Trinajstić information content (AvgIpc) is 3.96. The topological polar surface area (TPSA) is 136 Å². The molecule has 3 amide bonds. The second-order valence-corrected chi connectivity index (χ2v) is 15.2. The Kier molecular flexibility index (Phi) is 8.23. The van der Waals surface area contributed by atoms with Crippen molar-refractivity contribution in [2.24, 2.45) is 17.8 Å². The van der Waals surface area contributed by atoms with Gasteiger partial charge in [-0.05, 0) is 110 Å². The zero-order chi connectivity index (χ0) is 35.5. The minimum Gasteiger partial charge on any atom is -0.453 e. The van der Waals surface area contributed by atoms with E-state index in [4.69, 9.17) is 14.7 Å². The van der Waals surface area contributed by atoms with Gasteiger partial charge in [-0.3, -0.25) is 9.59 Å². The highest BCUT2D eigenvalue weighted by Gasteiger charge is 2.43. The van der Waals surface area contributed by atoms with Crippen molar-refractivity contribution in [2.75, 3.05) is 20.2 Å². The molecule has 4 atom stereocenters. The Balaban J connectivity index is 0.910. The summed E-state index contributed by atoms with van der Waals surface area (Å²) >= 11 is 0. The maximum Gasteiger partial charge on any atom is 0.407 e. The number of hydrogen-bond donors (Lipinski definition) is 3. The molecule has 2 aliphatic carbocycles. The lowest BCUT2D eigenvalue weighted by atomic mass is 10.00. The van der Waals surface area contributed by atoms with Crippen LogP contribution in [0.15, 0.2) is 60.7 Å². The van der Waals surface area contributed by atoms with E-state index in [9.17, 15) is 14.4 Å². The molecule has 11 heteroatoms. The van der Waals surface area contributed by atoms with Gasteiger partial charge in [-0.25, -0.2) is 14.8 Å². The number of methoxy groups -OCH3 is 1. The van der Waals surface area contributed by atoms with Crippen LogP contribution in [0.25, 0.3) is 44.3 Å². The van der Waals surface area contributed by atoms with E-state index in [0.717, 1.165) is 101 Å². The Hall–Kier alpha value is -5.19. The number of carbonyl (C=O) groups is 3. The number of hydrogen-bond acceptors (Lipinski definition) is 6. The number of amides is 3. The molecule has 268 valence electrons. The van der Waals surface area contributed by atoms with Crippen molar-refractivity contribution in [3.8, 4) is 22.3 Å². The summed E-state index contributed by atoms with van der Waals surface area (Å²) in [6.45, 7) is 3.53. The molecule has 0 unspecified atom stereocenters. The highest BCUT2D eigenvalue weighted by molar-refractivity contribution is 5.88. The first-order valence-electron chi connectivity index (χ1n) is 18.9. The third-order valence-electron chi connectivity index (χ3n) is 11.8. The van der Waals surface area contributed by atoms with Crippen LogP contribution in [-0.4, -0.2) is 73.9 Å². The number of ether oxygens (including phenoxy) is 1. The molecule has 2 aliphatic heterocycles. The van der Waals surface area contributed by atoms with Crippen molar-refractivity contribution >= 4 is 40.0 Å².